The summed E-state index contributed by atoms with van der Waals surface area (Å²) in [7, 11) is 0.284. The molecule has 0 spiro atoms. The minimum Gasteiger partial charge on any atom is -0.496 e. The summed E-state index contributed by atoms with van der Waals surface area (Å²) in [5.74, 6) is 1.03. The largest absolute Gasteiger partial charge is 0.496 e. The van der Waals surface area contributed by atoms with E-state index < -0.39 is 15.8 Å². The Hall–Kier alpha value is -4.02. The molecule has 4 aliphatic carbocycles. The van der Waals surface area contributed by atoms with Gasteiger partial charge in [-0.1, -0.05) is 91.0 Å². The third kappa shape index (κ3) is 6.80. The molecule has 0 heterocycles. The van der Waals surface area contributed by atoms with E-state index >= 15 is 0 Å². The van der Waals surface area contributed by atoms with Gasteiger partial charge >= 0.3 is 0 Å². The number of aryl methyl sites for hydroxylation is 12. The van der Waals surface area contributed by atoms with Crippen molar-refractivity contribution >= 4 is 47.7 Å². The zero-order valence-corrected chi connectivity index (χ0v) is 34.2. The first-order chi connectivity index (χ1) is 25.1. The van der Waals surface area contributed by atoms with E-state index in [-0.39, 0.29) is 0 Å². The number of methoxy groups -OCH3 is 1. The molecule has 0 radical (unpaired) electrons. The van der Waals surface area contributed by atoms with E-state index in [9.17, 15) is 0 Å². The second kappa shape index (κ2) is 15.1. The molecule has 1 nitrogen and oxygen atoms in total. The van der Waals surface area contributed by atoms with Crippen LogP contribution in [-0.2, 0) is 25.7 Å². The minimum atomic E-state index is -0.801. The van der Waals surface area contributed by atoms with Gasteiger partial charge in [-0.05, 0) is 208 Å². The van der Waals surface area contributed by atoms with Crippen LogP contribution in [0.15, 0.2) is 103 Å². The molecule has 0 unspecified atom stereocenters. The zero-order chi connectivity index (χ0) is 36.7. The molecule has 0 saturated carbocycles. The fraction of sp³-hybridized carbons (Fsp3) is 0.265. The Kier molecular flexibility index (Phi) is 10.6. The van der Waals surface area contributed by atoms with E-state index in [0.717, 1.165) is 31.4 Å². The summed E-state index contributed by atoms with van der Waals surface area (Å²) in [6, 6.07) is 39.8. The Bertz CT molecular complexity index is 2110. The molecule has 4 bridgehead atoms. The van der Waals surface area contributed by atoms with Crippen molar-refractivity contribution in [3.63, 3.8) is 0 Å². The van der Waals surface area contributed by atoms with Gasteiger partial charge in [-0.25, -0.2) is 0 Å². The van der Waals surface area contributed by atoms with E-state index in [1.54, 1.807) is 0 Å². The standard InChI is InChI=1S/C49H52OP2/c1-31-14-10-15-32(2)46(31)51(47-33(3)16-11-17-34(47)4)44-28-39-22-24-40(44)26-27-41-30-45(42(25-23-39)29-43(41)50-9)52(48-35(5)18-12-19-36(48)6)49-37(7)20-13-21-38(49)8/h10-22,24,28-30H,23,25-27H2,1-9H3. The predicted molar refractivity (Wildman–Crippen MR) is 230 cm³/mol. The van der Waals surface area contributed by atoms with Crippen LogP contribution in [0.4, 0.5) is 0 Å². The molecule has 0 aliphatic heterocycles. The van der Waals surface area contributed by atoms with Gasteiger partial charge in [0.1, 0.15) is 5.75 Å². The lowest BCUT2D eigenvalue weighted by Gasteiger charge is -2.30. The number of rotatable bonds is 7. The predicted octanol–water partition coefficient (Wildman–Crippen LogP) is 9.56. The maximum absolute atomic E-state index is 6.24. The topological polar surface area (TPSA) is 9.23 Å². The Balaban J connectivity index is 1.43. The Morgan fingerprint density at radius 2 is 0.750 bits per heavy atom. The van der Waals surface area contributed by atoms with Crippen LogP contribution in [0.2, 0.25) is 0 Å². The van der Waals surface area contributed by atoms with Gasteiger partial charge in [0.25, 0.3) is 0 Å². The lowest BCUT2D eigenvalue weighted by Crippen LogP contribution is -2.31. The van der Waals surface area contributed by atoms with E-state index in [2.05, 4.69) is 159 Å². The van der Waals surface area contributed by atoms with Crippen LogP contribution in [0.1, 0.15) is 66.8 Å². The highest BCUT2D eigenvalue weighted by molar-refractivity contribution is 7.80. The van der Waals surface area contributed by atoms with Crippen molar-refractivity contribution in [2.75, 3.05) is 7.11 Å². The van der Waals surface area contributed by atoms with E-state index in [4.69, 9.17) is 4.74 Å². The van der Waals surface area contributed by atoms with Crippen molar-refractivity contribution in [2.45, 2.75) is 81.1 Å². The third-order valence-electron chi connectivity index (χ3n) is 11.1. The molecular weight excluding hydrogens is 666 g/mol. The molecule has 6 aromatic carbocycles. The summed E-state index contributed by atoms with van der Waals surface area (Å²) < 4.78 is 6.24. The molecule has 4 aliphatic rings. The molecule has 0 aromatic heterocycles. The number of ether oxygens (including phenoxy) is 1. The molecule has 0 saturated heterocycles. The molecule has 264 valence electrons. The van der Waals surface area contributed by atoms with Crippen molar-refractivity contribution in [1.29, 1.82) is 0 Å². The van der Waals surface area contributed by atoms with E-state index in [1.165, 1.54) is 98.6 Å². The molecule has 0 atom stereocenters. The fourth-order valence-electron chi connectivity index (χ4n) is 8.52. The highest BCUT2D eigenvalue weighted by atomic mass is 31.1. The highest BCUT2D eigenvalue weighted by Crippen LogP contribution is 2.43. The van der Waals surface area contributed by atoms with Crippen LogP contribution in [-0.4, -0.2) is 7.11 Å². The van der Waals surface area contributed by atoms with Crippen molar-refractivity contribution < 1.29 is 4.74 Å². The minimum absolute atomic E-state index is 0.770. The molecule has 0 N–H and O–H groups in total. The van der Waals surface area contributed by atoms with Crippen LogP contribution in [0, 0.1) is 55.4 Å². The quantitative estimate of drug-likeness (QED) is 0.150. The fourth-order valence-corrected chi connectivity index (χ4v) is 14.9. The summed E-state index contributed by atoms with van der Waals surface area (Å²) in [6.07, 6.45) is 3.83. The van der Waals surface area contributed by atoms with Gasteiger partial charge in [-0.2, -0.15) is 0 Å². The maximum Gasteiger partial charge on any atom is 0.122 e. The first-order valence-corrected chi connectivity index (χ1v) is 21.4. The zero-order valence-electron chi connectivity index (χ0n) is 32.4. The lowest BCUT2D eigenvalue weighted by molar-refractivity contribution is 0.409. The first-order valence-electron chi connectivity index (χ1n) is 18.7. The summed E-state index contributed by atoms with van der Waals surface area (Å²) in [4.78, 5) is 0. The van der Waals surface area contributed by atoms with Crippen LogP contribution in [0.25, 0.3) is 0 Å². The molecule has 10 rings (SSSR count). The highest BCUT2D eigenvalue weighted by Gasteiger charge is 2.29. The van der Waals surface area contributed by atoms with Crippen molar-refractivity contribution in [3.8, 4) is 5.75 Å². The molecule has 3 heteroatoms. The van der Waals surface area contributed by atoms with Crippen LogP contribution >= 0.6 is 15.8 Å². The number of benzene rings is 6. The second-order valence-corrected chi connectivity index (χ2v) is 19.0. The van der Waals surface area contributed by atoms with Crippen LogP contribution in [0.5, 0.6) is 5.75 Å². The lowest BCUT2D eigenvalue weighted by atomic mass is 9.96. The molecular formula is C49H52OP2. The third-order valence-corrected chi connectivity index (χ3v) is 17.5. The normalized spacial score (nSPS) is 12.8. The van der Waals surface area contributed by atoms with Crippen molar-refractivity contribution in [2.24, 2.45) is 0 Å². The summed E-state index contributed by atoms with van der Waals surface area (Å²) in [5.41, 5.74) is 16.7. The van der Waals surface area contributed by atoms with Crippen LogP contribution in [0.3, 0.4) is 0 Å². The van der Waals surface area contributed by atoms with E-state index in [0.29, 0.717) is 0 Å². The van der Waals surface area contributed by atoms with Crippen molar-refractivity contribution in [3.05, 3.63) is 170 Å². The van der Waals surface area contributed by atoms with Gasteiger partial charge in [0.05, 0.1) is 7.11 Å². The second-order valence-electron chi connectivity index (χ2n) is 14.9. The number of hydrogen-bond acceptors (Lipinski definition) is 1. The van der Waals surface area contributed by atoms with Gasteiger partial charge in [-0.3, -0.25) is 0 Å². The van der Waals surface area contributed by atoms with E-state index in [1.807, 2.05) is 7.11 Å². The van der Waals surface area contributed by atoms with Gasteiger partial charge < -0.3 is 4.74 Å². The van der Waals surface area contributed by atoms with Gasteiger partial charge in [0, 0.05) is 0 Å². The Labute approximate surface area is 315 Å². The summed E-state index contributed by atoms with van der Waals surface area (Å²) >= 11 is 0. The van der Waals surface area contributed by atoms with Gasteiger partial charge in [0.2, 0.25) is 0 Å². The Morgan fingerprint density at radius 1 is 0.385 bits per heavy atom. The maximum atomic E-state index is 6.24. The smallest absolute Gasteiger partial charge is 0.122 e. The first kappa shape index (κ1) is 36.3. The summed E-state index contributed by atoms with van der Waals surface area (Å²) in [5, 5.41) is 9.03. The average molecular weight is 719 g/mol. The number of hydrogen-bond donors (Lipinski definition) is 0. The van der Waals surface area contributed by atoms with Crippen molar-refractivity contribution in [1.82, 2.24) is 0 Å². The monoisotopic (exact) mass is 718 g/mol. The summed E-state index contributed by atoms with van der Waals surface area (Å²) in [6.45, 7) is 18.5. The Morgan fingerprint density at radius 3 is 1.15 bits per heavy atom. The average Bonchev–Trinajstić information content (AvgIpc) is 3.10. The molecule has 0 amide bonds. The van der Waals surface area contributed by atoms with Crippen LogP contribution < -0.4 is 36.6 Å². The van der Waals surface area contributed by atoms with Gasteiger partial charge in [0.15, 0.2) is 0 Å². The molecule has 52 heavy (non-hydrogen) atoms. The molecule has 6 aromatic rings. The molecule has 0 fully saturated rings. The van der Waals surface area contributed by atoms with Gasteiger partial charge in [-0.15, -0.1) is 0 Å². The SMILES string of the molecule is COc1cc2c(P(c3c(C)cccc3C)c3c(C)cccc3C)cc1CCc1ccc(cc1P(c1c(C)cccc1C)c1c(C)cccc1C)CC2.